The lowest BCUT2D eigenvalue weighted by molar-refractivity contribution is -0.121. The van der Waals surface area contributed by atoms with E-state index in [2.05, 4.69) is 26.9 Å². The van der Waals surface area contributed by atoms with Crippen molar-refractivity contribution < 1.29 is 9.59 Å². The fraction of sp³-hybridized carbons (Fsp3) is 0.222. The Balaban J connectivity index is 1.36. The van der Waals surface area contributed by atoms with Crippen LogP contribution in [0.25, 0.3) is 10.2 Å². The summed E-state index contributed by atoms with van der Waals surface area (Å²) >= 11 is 1.69. The third kappa shape index (κ3) is 4.84. The van der Waals surface area contributed by atoms with Crippen LogP contribution in [0.2, 0.25) is 0 Å². The predicted molar refractivity (Wildman–Crippen MR) is 97.0 cm³/mol. The van der Waals surface area contributed by atoms with Crippen molar-refractivity contribution in [2.45, 2.75) is 25.7 Å². The number of carbonyl (C=O) groups excluding carboxylic acids is 2. The van der Waals surface area contributed by atoms with Gasteiger partial charge in [-0.15, -0.1) is 11.3 Å². The molecule has 6 nitrogen and oxygen atoms in total. The van der Waals surface area contributed by atoms with Crippen molar-refractivity contribution in [3.63, 3.8) is 0 Å². The first-order valence-electron chi connectivity index (χ1n) is 8.06. The van der Waals surface area contributed by atoms with Gasteiger partial charge >= 0.3 is 0 Å². The number of nitrogens with zero attached hydrogens (tertiary/aromatic N) is 2. The number of para-hydroxylation sites is 1. The molecule has 128 valence electrons. The quantitative estimate of drug-likeness (QED) is 0.527. The van der Waals surface area contributed by atoms with Gasteiger partial charge in [-0.2, -0.15) is 0 Å². The number of amides is 2. The number of hydrogen-bond donors (Lipinski definition) is 2. The van der Waals surface area contributed by atoms with Crippen LogP contribution in [0.5, 0.6) is 0 Å². The molecule has 3 rings (SSSR count). The summed E-state index contributed by atoms with van der Waals surface area (Å²) in [4.78, 5) is 32.0. The van der Waals surface area contributed by atoms with Crippen molar-refractivity contribution in [3.05, 3.63) is 59.4 Å². The van der Waals surface area contributed by atoms with Crippen LogP contribution >= 0.6 is 11.3 Å². The summed E-state index contributed by atoms with van der Waals surface area (Å²) in [5, 5.41) is 1.09. The minimum atomic E-state index is -0.379. The molecule has 2 amide bonds. The molecule has 2 aromatic heterocycles. The molecular weight excluding hydrogens is 336 g/mol. The molecule has 25 heavy (non-hydrogen) atoms. The highest BCUT2D eigenvalue weighted by Crippen LogP contribution is 2.22. The molecule has 2 heterocycles. The summed E-state index contributed by atoms with van der Waals surface area (Å²) in [6, 6.07) is 11.4. The zero-order chi connectivity index (χ0) is 17.5. The smallest absolute Gasteiger partial charge is 0.271 e. The molecule has 0 atom stereocenters. The first-order chi connectivity index (χ1) is 12.2. The van der Waals surface area contributed by atoms with Crippen molar-refractivity contribution in [3.8, 4) is 0 Å². The van der Waals surface area contributed by atoms with Crippen molar-refractivity contribution in [1.82, 2.24) is 20.8 Å². The van der Waals surface area contributed by atoms with Gasteiger partial charge in [-0.3, -0.25) is 25.4 Å². The van der Waals surface area contributed by atoms with E-state index in [1.165, 1.54) is 10.9 Å². The second-order valence-corrected chi connectivity index (χ2v) is 6.64. The summed E-state index contributed by atoms with van der Waals surface area (Å²) in [6.45, 7) is 0. The van der Waals surface area contributed by atoms with E-state index in [4.69, 9.17) is 0 Å². The molecule has 2 N–H and O–H groups in total. The van der Waals surface area contributed by atoms with Crippen LogP contribution in [0.1, 0.15) is 34.6 Å². The summed E-state index contributed by atoms with van der Waals surface area (Å²) in [7, 11) is 0. The summed E-state index contributed by atoms with van der Waals surface area (Å²) in [6.07, 6.45) is 5.86. The molecule has 0 unspecified atom stereocenters. The minimum Gasteiger partial charge on any atom is -0.273 e. The van der Waals surface area contributed by atoms with E-state index in [1.54, 1.807) is 29.7 Å². The Morgan fingerprint density at radius 1 is 1.04 bits per heavy atom. The number of unbranched alkanes of at least 4 members (excludes halogenated alkanes) is 1. The number of hydrazine groups is 1. The second-order valence-electron chi connectivity index (χ2n) is 5.53. The fourth-order valence-corrected chi connectivity index (χ4v) is 3.36. The van der Waals surface area contributed by atoms with E-state index < -0.39 is 0 Å². The van der Waals surface area contributed by atoms with E-state index in [0.717, 1.165) is 29.8 Å². The standard InChI is InChI=1S/C18H18N4O2S/c23-16(21-22-18(24)13-6-5-11-19-12-13)9-3-4-10-17-20-14-7-1-2-8-15(14)25-17/h1-2,5-8,11-12H,3-4,9-10H2,(H,21,23)(H,22,24). The molecule has 0 fully saturated rings. The number of fused-ring (bicyclic) bond motifs is 1. The topological polar surface area (TPSA) is 84.0 Å². The SMILES string of the molecule is O=C(CCCCc1nc2ccccc2s1)NNC(=O)c1cccnc1. The normalized spacial score (nSPS) is 10.6. The Bertz CT molecular complexity index is 831. The molecule has 7 heteroatoms. The zero-order valence-corrected chi connectivity index (χ0v) is 14.4. The average Bonchev–Trinajstić information content (AvgIpc) is 3.07. The predicted octanol–water partition coefficient (Wildman–Crippen LogP) is 2.87. The summed E-state index contributed by atoms with van der Waals surface area (Å²) in [5.74, 6) is -0.586. The van der Waals surface area contributed by atoms with Crippen LogP contribution in [-0.2, 0) is 11.2 Å². The van der Waals surface area contributed by atoms with Crippen LogP contribution < -0.4 is 10.9 Å². The van der Waals surface area contributed by atoms with Crippen molar-refractivity contribution in [2.75, 3.05) is 0 Å². The number of thiazole rings is 1. The zero-order valence-electron chi connectivity index (χ0n) is 13.6. The van der Waals surface area contributed by atoms with E-state index >= 15 is 0 Å². The molecule has 1 aromatic carbocycles. The fourth-order valence-electron chi connectivity index (χ4n) is 2.35. The van der Waals surface area contributed by atoms with Crippen molar-refractivity contribution >= 4 is 33.4 Å². The first kappa shape index (κ1) is 17.0. The molecule has 3 aromatic rings. The van der Waals surface area contributed by atoms with Crippen LogP contribution in [0.4, 0.5) is 0 Å². The number of rotatable bonds is 6. The maximum atomic E-state index is 11.8. The van der Waals surface area contributed by atoms with Gasteiger partial charge in [0.05, 0.1) is 20.8 Å². The lowest BCUT2D eigenvalue weighted by Gasteiger charge is -2.06. The molecule has 0 saturated heterocycles. The van der Waals surface area contributed by atoms with Gasteiger partial charge in [-0.05, 0) is 43.5 Å². The van der Waals surface area contributed by atoms with Gasteiger partial charge in [-0.1, -0.05) is 12.1 Å². The van der Waals surface area contributed by atoms with Gasteiger partial charge in [0.15, 0.2) is 0 Å². The number of aryl methyl sites for hydroxylation is 1. The van der Waals surface area contributed by atoms with Gasteiger partial charge in [0.2, 0.25) is 5.91 Å². The molecule has 0 radical (unpaired) electrons. The molecule has 0 bridgehead atoms. The Labute approximate surface area is 149 Å². The van der Waals surface area contributed by atoms with Crippen LogP contribution in [-0.4, -0.2) is 21.8 Å². The minimum absolute atomic E-state index is 0.207. The molecular formula is C18H18N4O2S. The monoisotopic (exact) mass is 354 g/mol. The highest BCUT2D eigenvalue weighted by Gasteiger charge is 2.08. The number of pyridine rings is 1. The number of benzene rings is 1. The Morgan fingerprint density at radius 3 is 2.72 bits per heavy atom. The average molecular weight is 354 g/mol. The molecule has 0 saturated carbocycles. The largest absolute Gasteiger partial charge is 0.273 e. The molecule has 0 aliphatic heterocycles. The van der Waals surface area contributed by atoms with E-state index in [9.17, 15) is 9.59 Å². The first-order valence-corrected chi connectivity index (χ1v) is 8.88. The van der Waals surface area contributed by atoms with E-state index in [0.29, 0.717) is 12.0 Å². The maximum Gasteiger partial charge on any atom is 0.271 e. The number of carbonyl (C=O) groups is 2. The lowest BCUT2D eigenvalue weighted by atomic mass is 10.2. The third-order valence-corrected chi connectivity index (χ3v) is 4.72. The Hall–Kier alpha value is -2.80. The van der Waals surface area contributed by atoms with Gasteiger partial charge in [0.1, 0.15) is 0 Å². The van der Waals surface area contributed by atoms with Gasteiger partial charge in [0, 0.05) is 18.8 Å². The number of nitrogens with one attached hydrogen (secondary N) is 2. The van der Waals surface area contributed by atoms with Crippen molar-refractivity contribution in [2.24, 2.45) is 0 Å². The second kappa shape index (κ2) is 8.34. The van der Waals surface area contributed by atoms with Crippen LogP contribution in [0, 0.1) is 0 Å². The van der Waals surface area contributed by atoms with Gasteiger partial charge < -0.3 is 0 Å². The summed E-state index contributed by atoms with van der Waals surface area (Å²) < 4.78 is 1.19. The summed E-state index contributed by atoms with van der Waals surface area (Å²) in [5.41, 5.74) is 6.24. The van der Waals surface area contributed by atoms with Crippen molar-refractivity contribution in [1.29, 1.82) is 0 Å². The Kier molecular flexibility index (Phi) is 5.69. The Morgan fingerprint density at radius 2 is 1.92 bits per heavy atom. The molecule has 0 aliphatic rings. The highest BCUT2D eigenvalue weighted by molar-refractivity contribution is 7.18. The highest BCUT2D eigenvalue weighted by atomic mass is 32.1. The van der Waals surface area contributed by atoms with E-state index in [-0.39, 0.29) is 11.8 Å². The number of aromatic nitrogens is 2. The number of hydrogen-bond acceptors (Lipinski definition) is 5. The van der Waals surface area contributed by atoms with Gasteiger partial charge in [-0.25, -0.2) is 4.98 Å². The van der Waals surface area contributed by atoms with Gasteiger partial charge in [0.25, 0.3) is 5.91 Å². The maximum absolute atomic E-state index is 11.8. The lowest BCUT2D eigenvalue weighted by Crippen LogP contribution is -2.41. The third-order valence-electron chi connectivity index (χ3n) is 3.62. The molecule has 0 aliphatic carbocycles. The van der Waals surface area contributed by atoms with E-state index in [1.807, 2.05) is 18.2 Å². The van der Waals surface area contributed by atoms with Crippen LogP contribution in [0.3, 0.4) is 0 Å². The molecule has 0 spiro atoms. The van der Waals surface area contributed by atoms with Crippen LogP contribution in [0.15, 0.2) is 48.8 Å².